The predicted octanol–water partition coefficient (Wildman–Crippen LogP) is 2.15. The van der Waals surface area contributed by atoms with Gasteiger partial charge in [0.15, 0.2) is 0 Å². The molecule has 15 heavy (non-hydrogen) atoms. The zero-order valence-corrected chi connectivity index (χ0v) is 9.03. The molecule has 0 bridgehead atoms. The standard InChI is InChI=1S/C12H17NO2/c1-2-3-7-15-12(14)9-10-5-4-6-11(13)8-10/h4-6,8H,2-3,7,9,13H2,1H3. The van der Waals surface area contributed by atoms with Gasteiger partial charge in [0.25, 0.3) is 0 Å². The highest BCUT2D eigenvalue weighted by Crippen LogP contribution is 2.07. The lowest BCUT2D eigenvalue weighted by Crippen LogP contribution is -2.09. The number of anilines is 1. The maximum absolute atomic E-state index is 11.3. The van der Waals surface area contributed by atoms with E-state index in [1.54, 1.807) is 12.1 Å². The van der Waals surface area contributed by atoms with Crippen LogP contribution in [0.3, 0.4) is 0 Å². The fourth-order valence-corrected chi connectivity index (χ4v) is 1.25. The Bertz CT molecular complexity index is 323. The fourth-order valence-electron chi connectivity index (χ4n) is 1.25. The molecule has 0 heterocycles. The van der Waals surface area contributed by atoms with Gasteiger partial charge in [-0.15, -0.1) is 0 Å². The topological polar surface area (TPSA) is 52.3 Å². The van der Waals surface area contributed by atoms with E-state index in [2.05, 4.69) is 6.92 Å². The third-order valence-electron chi connectivity index (χ3n) is 2.06. The Labute approximate surface area is 90.2 Å². The SMILES string of the molecule is CCCCOC(=O)Cc1cccc(N)c1. The fraction of sp³-hybridized carbons (Fsp3) is 0.417. The van der Waals surface area contributed by atoms with E-state index in [4.69, 9.17) is 10.5 Å². The van der Waals surface area contributed by atoms with Gasteiger partial charge in [-0.05, 0) is 24.1 Å². The van der Waals surface area contributed by atoms with Crippen molar-refractivity contribution in [1.29, 1.82) is 0 Å². The summed E-state index contributed by atoms with van der Waals surface area (Å²) in [5.74, 6) is -0.186. The van der Waals surface area contributed by atoms with Crippen LogP contribution in [0.15, 0.2) is 24.3 Å². The highest BCUT2D eigenvalue weighted by Gasteiger charge is 2.04. The molecule has 0 aliphatic carbocycles. The van der Waals surface area contributed by atoms with Crippen molar-refractivity contribution in [2.45, 2.75) is 26.2 Å². The van der Waals surface area contributed by atoms with E-state index in [1.807, 2.05) is 12.1 Å². The highest BCUT2D eigenvalue weighted by atomic mass is 16.5. The number of unbranched alkanes of at least 4 members (excludes halogenated alkanes) is 1. The largest absolute Gasteiger partial charge is 0.465 e. The second kappa shape index (κ2) is 6.06. The smallest absolute Gasteiger partial charge is 0.310 e. The van der Waals surface area contributed by atoms with Crippen molar-refractivity contribution in [3.63, 3.8) is 0 Å². The number of carbonyl (C=O) groups excluding carboxylic acids is 1. The molecule has 0 aromatic heterocycles. The van der Waals surface area contributed by atoms with Crippen LogP contribution in [-0.2, 0) is 16.0 Å². The number of carbonyl (C=O) groups is 1. The number of nitrogen functional groups attached to an aromatic ring is 1. The molecule has 0 saturated heterocycles. The lowest BCUT2D eigenvalue weighted by Gasteiger charge is -2.04. The van der Waals surface area contributed by atoms with Gasteiger partial charge in [0.2, 0.25) is 0 Å². The van der Waals surface area contributed by atoms with Crippen molar-refractivity contribution in [3.05, 3.63) is 29.8 Å². The molecule has 0 fully saturated rings. The first-order chi connectivity index (χ1) is 7.22. The maximum atomic E-state index is 11.3. The van der Waals surface area contributed by atoms with E-state index in [0.29, 0.717) is 18.7 Å². The molecular formula is C12H17NO2. The van der Waals surface area contributed by atoms with Gasteiger partial charge in [0.05, 0.1) is 13.0 Å². The van der Waals surface area contributed by atoms with E-state index in [0.717, 1.165) is 18.4 Å². The number of nitrogens with two attached hydrogens (primary N) is 1. The molecule has 0 aliphatic heterocycles. The molecule has 0 spiro atoms. The molecule has 82 valence electrons. The third kappa shape index (κ3) is 4.49. The number of hydrogen-bond acceptors (Lipinski definition) is 3. The van der Waals surface area contributed by atoms with Crippen LogP contribution in [0.25, 0.3) is 0 Å². The average Bonchev–Trinajstić information content (AvgIpc) is 2.18. The van der Waals surface area contributed by atoms with Crippen molar-refractivity contribution in [3.8, 4) is 0 Å². The number of ether oxygens (including phenoxy) is 1. The molecule has 0 saturated carbocycles. The molecule has 0 radical (unpaired) electrons. The van der Waals surface area contributed by atoms with Crippen LogP contribution in [0, 0.1) is 0 Å². The van der Waals surface area contributed by atoms with E-state index < -0.39 is 0 Å². The maximum Gasteiger partial charge on any atom is 0.310 e. The van der Waals surface area contributed by atoms with Gasteiger partial charge in [-0.25, -0.2) is 0 Å². The summed E-state index contributed by atoms with van der Waals surface area (Å²) < 4.78 is 5.05. The molecular weight excluding hydrogens is 190 g/mol. The van der Waals surface area contributed by atoms with Crippen LogP contribution in [0.2, 0.25) is 0 Å². The average molecular weight is 207 g/mol. The van der Waals surface area contributed by atoms with Crippen molar-refractivity contribution >= 4 is 11.7 Å². The van der Waals surface area contributed by atoms with Crippen LogP contribution in [0.4, 0.5) is 5.69 Å². The normalized spacial score (nSPS) is 9.93. The van der Waals surface area contributed by atoms with E-state index in [1.165, 1.54) is 0 Å². The lowest BCUT2D eigenvalue weighted by molar-refractivity contribution is -0.142. The Hall–Kier alpha value is -1.51. The monoisotopic (exact) mass is 207 g/mol. The van der Waals surface area contributed by atoms with E-state index >= 15 is 0 Å². The first-order valence-corrected chi connectivity index (χ1v) is 5.22. The molecule has 0 aliphatic rings. The van der Waals surface area contributed by atoms with Crippen LogP contribution in [-0.4, -0.2) is 12.6 Å². The van der Waals surface area contributed by atoms with Crippen LogP contribution in [0.1, 0.15) is 25.3 Å². The van der Waals surface area contributed by atoms with Gasteiger partial charge in [-0.1, -0.05) is 25.5 Å². The van der Waals surface area contributed by atoms with Crippen molar-refractivity contribution in [2.75, 3.05) is 12.3 Å². The molecule has 1 aromatic rings. The summed E-state index contributed by atoms with van der Waals surface area (Å²) in [5.41, 5.74) is 7.18. The Kier molecular flexibility index (Phi) is 4.68. The number of esters is 1. The summed E-state index contributed by atoms with van der Waals surface area (Å²) in [7, 11) is 0. The summed E-state index contributed by atoms with van der Waals surface area (Å²) in [6.07, 6.45) is 2.25. The van der Waals surface area contributed by atoms with Gasteiger partial charge >= 0.3 is 5.97 Å². The summed E-state index contributed by atoms with van der Waals surface area (Å²) in [4.78, 5) is 11.3. The van der Waals surface area contributed by atoms with E-state index in [9.17, 15) is 4.79 Å². The first kappa shape index (κ1) is 11.6. The Morgan fingerprint density at radius 2 is 2.27 bits per heavy atom. The van der Waals surface area contributed by atoms with Gasteiger partial charge < -0.3 is 10.5 Å². The summed E-state index contributed by atoms with van der Waals surface area (Å²) in [5, 5.41) is 0. The zero-order valence-electron chi connectivity index (χ0n) is 9.03. The van der Waals surface area contributed by atoms with Gasteiger partial charge in [-0.2, -0.15) is 0 Å². The van der Waals surface area contributed by atoms with Gasteiger partial charge in [-0.3, -0.25) is 4.79 Å². The molecule has 0 atom stereocenters. The van der Waals surface area contributed by atoms with Crippen LogP contribution < -0.4 is 5.73 Å². The molecule has 3 nitrogen and oxygen atoms in total. The minimum Gasteiger partial charge on any atom is -0.465 e. The minimum atomic E-state index is -0.186. The Morgan fingerprint density at radius 1 is 1.47 bits per heavy atom. The summed E-state index contributed by atoms with van der Waals surface area (Å²) >= 11 is 0. The lowest BCUT2D eigenvalue weighted by atomic mass is 10.1. The molecule has 0 unspecified atom stereocenters. The highest BCUT2D eigenvalue weighted by molar-refractivity contribution is 5.72. The molecule has 3 heteroatoms. The first-order valence-electron chi connectivity index (χ1n) is 5.22. The van der Waals surface area contributed by atoms with E-state index in [-0.39, 0.29) is 5.97 Å². The Morgan fingerprint density at radius 3 is 2.93 bits per heavy atom. The summed E-state index contributed by atoms with van der Waals surface area (Å²) in [6.45, 7) is 2.57. The van der Waals surface area contributed by atoms with Crippen LogP contribution >= 0.6 is 0 Å². The van der Waals surface area contributed by atoms with Crippen molar-refractivity contribution in [1.82, 2.24) is 0 Å². The van der Waals surface area contributed by atoms with Gasteiger partial charge in [0.1, 0.15) is 0 Å². The predicted molar refractivity (Wildman–Crippen MR) is 60.4 cm³/mol. The number of hydrogen-bond donors (Lipinski definition) is 1. The number of benzene rings is 1. The third-order valence-corrected chi connectivity index (χ3v) is 2.06. The van der Waals surface area contributed by atoms with Crippen molar-refractivity contribution in [2.24, 2.45) is 0 Å². The molecule has 1 aromatic carbocycles. The number of rotatable bonds is 5. The second-order valence-corrected chi connectivity index (χ2v) is 3.50. The molecule has 0 amide bonds. The van der Waals surface area contributed by atoms with Crippen molar-refractivity contribution < 1.29 is 9.53 Å². The zero-order chi connectivity index (χ0) is 11.1. The second-order valence-electron chi connectivity index (χ2n) is 3.50. The molecule has 2 N–H and O–H groups in total. The Balaban J connectivity index is 2.37. The van der Waals surface area contributed by atoms with Crippen LogP contribution in [0.5, 0.6) is 0 Å². The minimum absolute atomic E-state index is 0.186. The van der Waals surface area contributed by atoms with Gasteiger partial charge in [0, 0.05) is 5.69 Å². The summed E-state index contributed by atoms with van der Waals surface area (Å²) in [6, 6.07) is 7.30. The quantitative estimate of drug-likeness (QED) is 0.457. The molecule has 1 rings (SSSR count).